The van der Waals surface area contributed by atoms with E-state index in [0.29, 0.717) is 23.2 Å². The number of hydrogen-bond donors (Lipinski definition) is 1. The van der Waals surface area contributed by atoms with Crippen molar-refractivity contribution >= 4 is 5.65 Å². The first kappa shape index (κ1) is 18.7. The van der Waals surface area contributed by atoms with Gasteiger partial charge < -0.3 is 5.11 Å². The number of unbranched alkanes of at least 4 members (excludes halogenated alkanes) is 1. The van der Waals surface area contributed by atoms with Gasteiger partial charge in [-0.25, -0.2) is 0 Å². The van der Waals surface area contributed by atoms with Crippen molar-refractivity contribution in [3.05, 3.63) is 92.9 Å². The molecular formula is C23H21N3O3. The minimum absolute atomic E-state index is 0.150. The van der Waals surface area contributed by atoms with Crippen molar-refractivity contribution in [3.63, 3.8) is 0 Å². The third-order valence-corrected chi connectivity index (χ3v) is 4.91. The first-order valence-corrected chi connectivity index (χ1v) is 9.63. The van der Waals surface area contributed by atoms with Gasteiger partial charge in [-0.2, -0.15) is 9.61 Å². The Hall–Kier alpha value is -3.67. The van der Waals surface area contributed by atoms with E-state index in [-0.39, 0.29) is 22.6 Å². The summed E-state index contributed by atoms with van der Waals surface area (Å²) in [5.41, 5.74) is 1.28. The second kappa shape index (κ2) is 7.75. The van der Waals surface area contributed by atoms with Gasteiger partial charge in [-0.15, -0.1) is 0 Å². The van der Waals surface area contributed by atoms with Crippen LogP contribution < -0.4 is 11.0 Å². The number of aromatic nitrogens is 3. The van der Waals surface area contributed by atoms with E-state index < -0.39 is 5.56 Å². The predicted molar refractivity (Wildman–Crippen MR) is 113 cm³/mol. The van der Waals surface area contributed by atoms with E-state index in [1.165, 1.54) is 15.1 Å². The minimum Gasteiger partial charge on any atom is -0.494 e. The number of para-hydroxylation sites is 1. The van der Waals surface area contributed by atoms with Crippen LogP contribution in [0.15, 0.2) is 76.3 Å². The lowest BCUT2D eigenvalue weighted by Gasteiger charge is -2.17. The number of nitrogens with zero attached hydrogens (tertiary/aromatic N) is 3. The zero-order chi connectivity index (χ0) is 20.4. The van der Waals surface area contributed by atoms with Crippen molar-refractivity contribution in [1.29, 1.82) is 0 Å². The first-order valence-electron chi connectivity index (χ1n) is 9.63. The maximum atomic E-state index is 13.2. The molecule has 4 rings (SSSR count). The molecule has 2 heterocycles. The number of aromatic hydroxyl groups is 1. The zero-order valence-corrected chi connectivity index (χ0v) is 16.1. The molecular weight excluding hydrogens is 366 g/mol. The fourth-order valence-corrected chi connectivity index (χ4v) is 3.42. The molecule has 0 aliphatic carbocycles. The lowest BCUT2D eigenvalue weighted by Crippen LogP contribution is -2.28. The van der Waals surface area contributed by atoms with Gasteiger partial charge in [0.15, 0.2) is 0 Å². The van der Waals surface area contributed by atoms with E-state index >= 15 is 0 Å². The molecule has 1 N–H and O–H groups in total. The largest absolute Gasteiger partial charge is 0.494 e. The van der Waals surface area contributed by atoms with Crippen LogP contribution >= 0.6 is 0 Å². The normalized spacial score (nSPS) is 11.1. The molecule has 0 radical (unpaired) electrons. The molecule has 0 fully saturated rings. The number of fused-ring (bicyclic) bond motifs is 1. The van der Waals surface area contributed by atoms with Crippen LogP contribution in [0.3, 0.4) is 0 Å². The molecule has 0 aliphatic heterocycles. The Labute approximate surface area is 167 Å². The summed E-state index contributed by atoms with van der Waals surface area (Å²) >= 11 is 0. The number of rotatable bonds is 5. The van der Waals surface area contributed by atoms with Crippen molar-refractivity contribution < 1.29 is 5.11 Å². The second-order valence-corrected chi connectivity index (χ2v) is 6.88. The molecule has 0 amide bonds. The Kier molecular flexibility index (Phi) is 4.99. The van der Waals surface area contributed by atoms with E-state index in [9.17, 15) is 14.7 Å². The standard InChI is InChI=1S/C23H21N3O3/c1-2-3-14-18-22(28)25(17-12-8-5-9-13-17)20-15-19(27)21(24-26(20)23(18)29)16-10-6-4-7-11-16/h4-13,15,28H,2-3,14H2,1H3. The van der Waals surface area contributed by atoms with Crippen LogP contribution in [0.2, 0.25) is 0 Å². The highest BCUT2D eigenvalue weighted by Crippen LogP contribution is 2.24. The highest BCUT2D eigenvalue weighted by atomic mass is 16.3. The second-order valence-electron chi connectivity index (χ2n) is 6.88. The lowest BCUT2D eigenvalue weighted by molar-refractivity contribution is 0.427. The summed E-state index contributed by atoms with van der Waals surface area (Å²) < 4.78 is 2.73. The Morgan fingerprint density at radius 1 is 0.966 bits per heavy atom. The molecule has 0 atom stereocenters. The van der Waals surface area contributed by atoms with E-state index in [0.717, 1.165) is 12.8 Å². The van der Waals surface area contributed by atoms with E-state index in [4.69, 9.17) is 0 Å². The summed E-state index contributed by atoms with van der Waals surface area (Å²) in [6.07, 6.45) is 2.07. The van der Waals surface area contributed by atoms with Crippen LogP contribution in [0.25, 0.3) is 22.6 Å². The molecule has 4 aromatic rings. The monoisotopic (exact) mass is 387 g/mol. The van der Waals surface area contributed by atoms with Crippen molar-refractivity contribution in [2.75, 3.05) is 0 Å². The molecule has 29 heavy (non-hydrogen) atoms. The van der Waals surface area contributed by atoms with Gasteiger partial charge in [0.2, 0.25) is 11.3 Å². The SMILES string of the molecule is CCCCc1c(O)n(-c2ccccc2)c2cc(=O)c(-c3ccccc3)nn2c1=O. The Balaban J connectivity index is 2.10. The molecule has 0 aliphatic rings. The Morgan fingerprint density at radius 3 is 2.28 bits per heavy atom. The van der Waals surface area contributed by atoms with Gasteiger partial charge in [0, 0.05) is 11.6 Å². The third kappa shape index (κ3) is 3.33. The predicted octanol–water partition coefficient (Wildman–Crippen LogP) is 3.56. The van der Waals surface area contributed by atoms with Gasteiger partial charge in [-0.05, 0) is 25.0 Å². The average Bonchev–Trinajstić information content (AvgIpc) is 2.75. The van der Waals surface area contributed by atoms with Crippen LogP contribution in [0.4, 0.5) is 0 Å². The van der Waals surface area contributed by atoms with Crippen LogP contribution in [0.5, 0.6) is 5.88 Å². The fourth-order valence-electron chi connectivity index (χ4n) is 3.42. The van der Waals surface area contributed by atoms with Crippen molar-refractivity contribution in [2.24, 2.45) is 0 Å². The van der Waals surface area contributed by atoms with Gasteiger partial charge in [-0.3, -0.25) is 14.2 Å². The van der Waals surface area contributed by atoms with Gasteiger partial charge in [-0.1, -0.05) is 61.9 Å². The molecule has 0 saturated carbocycles. The van der Waals surface area contributed by atoms with E-state index in [1.54, 1.807) is 12.1 Å². The van der Waals surface area contributed by atoms with Gasteiger partial charge in [0.25, 0.3) is 5.56 Å². The summed E-state index contributed by atoms with van der Waals surface area (Å²) in [6.45, 7) is 2.02. The number of hydrogen-bond acceptors (Lipinski definition) is 4. The summed E-state index contributed by atoms with van der Waals surface area (Å²) in [5.74, 6) is -0.150. The fraction of sp³-hybridized carbons (Fsp3) is 0.174. The number of benzene rings is 2. The summed E-state index contributed by atoms with van der Waals surface area (Å²) in [7, 11) is 0. The molecule has 6 heteroatoms. The van der Waals surface area contributed by atoms with Gasteiger partial charge >= 0.3 is 0 Å². The van der Waals surface area contributed by atoms with Crippen LogP contribution in [-0.4, -0.2) is 19.3 Å². The van der Waals surface area contributed by atoms with Crippen molar-refractivity contribution in [3.8, 4) is 22.8 Å². The Bertz CT molecular complexity index is 1280. The summed E-state index contributed by atoms with van der Waals surface area (Å²) in [4.78, 5) is 26.0. The van der Waals surface area contributed by atoms with Crippen LogP contribution in [0, 0.1) is 0 Å². The lowest BCUT2D eigenvalue weighted by atomic mass is 10.1. The van der Waals surface area contributed by atoms with E-state index in [2.05, 4.69) is 5.10 Å². The molecule has 0 bridgehead atoms. The minimum atomic E-state index is -0.407. The first-order chi connectivity index (χ1) is 14.1. The van der Waals surface area contributed by atoms with Crippen LogP contribution in [-0.2, 0) is 6.42 Å². The molecule has 2 aromatic heterocycles. The van der Waals surface area contributed by atoms with Gasteiger partial charge in [0.1, 0.15) is 11.3 Å². The molecule has 6 nitrogen and oxygen atoms in total. The van der Waals surface area contributed by atoms with E-state index in [1.807, 2.05) is 55.5 Å². The third-order valence-electron chi connectivity index (χ3n) is 4.91. The summed E-state index contributed by atoms with van der Waals surface area (Å²) in [5, 5.41) is 15.3. The summed E-state index contributed by atoms with van der Waals surface area (Å²) in [6, 6.07) is 19.5. The topological polar surface area (TPSA) is 76.6 Å². The van der Waals surface area contributed by atoms with Crippen molar-refractivity contribution in [1.82, 2.24) is 14.2 Å². The molecule has 0 unspecified atom stereocenters. The zero-order valence-electron chi connectivity index (χ0n) is 16.1. The van der Waals surface area contributed by atoms with Crippen LogP contribution in [0.1, 0.15) is 25.3 Å². The molecule has 0 spiro atoms. The van der Waals surface area contributed by atoms with Crippen molar-refractivity contribution in [2.45, 2.75) is 26.2 Å². The van der Waals surface area contributed by atoms with Gasteiger partial charge in [0.05, 0.1) is 11.3 Å². The molecule has 146 valence electrons. The maximum absolute atomic E-state index is 13.2. The average molecular weight is 387 g/mol. The molecule has 2 aromatic carbocycles. The Morgan fingerprint density at radius 2 is 1.62 bits per heavy atom. The smallest absolute Gasteiger partial charge is 0.281 e. The maximum Gasteiger partial charge on any atom is 0.281 e. The quantitative estimate of drug-likeness (QED) is 0.568. The highest BCUT2D eigenvalue weighted by molar-refractivity contribution is 5.62. The molecule has 0 saturated heterocycles. The highest BCUT2D eigenvalue weighted by Gasteiger charge is 2.19.